The van der Waals surface area contributed by atoms with E-state index in [4.69, 9.17) is 0 Å². The van der Waals surface area contributed by atoms with E-state index in [0.29, 0.717) is 0 Å². The Morgan fingerprint density at radius 1 is 0.720 bits per heavy atom. The summed E-state index contributed by atoms with van der Waals surface area (Å²) < 4.78 is 61.7. The van der Waals surface area contributed by atoms with Gasteiger partial charge in [-0.1, -0.05) is 0 Å². The van der Waals surface area contributed by atoms with E-state index < -0.39 is 40.9 Å². The molecular formula is C10H14N2O10S2Zn+2. The zero-order valence-corrected chi connectivity index (χ0v) is 17.0. The normalized spacial score (nSPS) is 10.0. The molecule has 25 heavy (non-hydrogen) atoms. The third-order valence-corrected chi connectivity index (χ3v) is 3.83. The molecule has 0 amide bonds. The van der Waals surface area contributed by atoms with Crippen molar-refractivity contribution in [3.8, 4) is 0 Å². The van der Waals surface area contributed by atoms with Crippen LogP contribution in [-0.4, -0.2) is 35.9 Å². The largest absolute Gasteiger partial charge is 2.00 e. The average molecular weight is 452 g/mol. The van der Waals surface area contributed by atoms with Crippen molar-refractivity contribution < 1.29 is 56.4 Å². The first-order chi connectivity index (χ1) is 10.0. The second-order valence-electron chi connectivity index (χ2n) is 3.65. The quantitative estimate of drug-likeness (QED) is 0.265. The topological polar surface area (TPSA) is 246 Å². The van der Waals surface area contributed by atoms with Crippen molar-refractivity contribution in [2.24, 2.45) is 0 Å². The molecule has 0 saturated carbocycles. The minimum Gasteiger partial charge on any atom is -0.744 e. The first-order valence-corrected chi connectivity index (χ1v) is 8.11. The zero-order valence-electron chi connectivity index (χ0n) is 12.4. The molecule has 0 bridgehead atoms. The Bertz CT molecular complexity index is 899. The van der Waals surface area contributed by atoms with Gasteiger partial charge in [-0.15, -0.1) is 0 Å². The monoisotopic (exact) mass is 450 g/mol. The van der Waals surface area contributed by atoms with Crippen LogP contribution < -0.4 is 10.9 Å². The van der Waals surface area contributed by atoms with Crippen LogP contribution in [0.2, 0.25) is 0 Å². The first kappa shape index (κ1) is 28.1. The fraction of sp³-hybridized carbons (Fsp3) is 0. The predicted octanol–water partition coefficient (Wildman–Crippen LogP) is -3.29. The van der Waals surface area contributed by atoms with Gasteiger partial charge in [0.25, 0.3) is 0 Å². The van der Waals surface area contributed by atoms with Crippen LogP contribution in [0.1, 0.15) is 0 Å². The second kappa shape index (κ2) is 11.0. The molecule has 0 spiro atoms. The van der Waals surface area contributed by atoms with E-state index in [1.54, 1.807) is 0 Å². The van der Waals surface area contributed by atoms with Gasteiger partial charge in [0.1, 0.15) is 30.0 Å². The third kappa shape index (κ3) is 8.78. The molecule has 136 valence electrons. The molecule has 0 atom stereocenters. The molecule has 0 unspecified atom stereocenters. The van der Waals surface area contributed by atoms with Crippen LogP contribution in [0, 0.1) is 0 Å². The predicted molar refractivity (Wildman–Crippen MR) is 79.8 cm³/mol. The minimum atomic E-state index is -4.63. The van der Waals surface area contributed by atoms with Crippen molar-refractivity contribution in [1.29, 1.82) is 0 Å². The molecule has 0 aliphatic rings. The fourth-order valence-electron chi connectivity index (χ4n) is 1.19. The molecule has 0 radical (unpaired) electrons. The smallest absolute Gasteiger partial charge is 0.744 e. The van der Waals surface area contributed by atoms with Gasteiger partial charge < -0.3 is 30.0 Å². The molecule has 2 aromatic heterocycles. The zero-order chi connectivity index (χ0) is 17.0. The van der Waals surface area contributed by atoms with E-state index in [1.807, 2.05) is 0 Å². The number of pyridine rings is 2. The standard InChI is InChI=1S/2C5H5NO4S.2H2O.Zn/c2*7-4-1-2-6-3-5(4)11(8,9)10;;;/h2*1-3H,(H,6,7)(H,8,9,10);2*1H2;/q;;;;+2. The molecule has 0 saturated heterocycles. The Balaban J connectivity index is -0.000000346. The summed E-state index contributed by atoms with van der Waals surface area (Å²) in [5.41, 5.74) is -1.59. The summed E-state index contributed by atoms with van der Waals surface area (Å²) in [4.78, 5) is 24.5. The number of rotatable bonds is 2. The maximum atomic E-state index is 10.7. The van der Waals surface area contributed by atoms with Gasteiger partial charge in [0.05, 0.1) is 0 Å². The minimum absolute atomic E-state index is 0. The van der Waals surface area contributed by atoms with Gasteiger partial charge in [-0.2, -0.15) is 0 Å². The number of aromatic amines is 2. The summed E-state index contributed by atoms with van der Waals surface area (Å²) in [6, 6.07) is 1.95. The van der Waals surface area contributed by atoms with Gasteiger partial charge in [0.2, 0.25) is 0 Å². The molecule has 8 N–H and O–H groups in total. The Labute approximate surface area is 153 Å². The summed E-state index contributed by atoms with van der Waals surface area (Å²) >= 11 is 0. The number of aromatic nitrogens is 2. The van der Waals surface area contributed by atoms with Gasteiger partial charge in [-0.05, 0) is 0 Å². The molecular weight excluding hydrogens is 438 g/mol. The number of hydrogen-bond donors (Lipinski definition) is 2. The van der Waals surface area contributed by atoms with Crippen molar-refractivity contribution in [3.63, 3.8) is 0 Å². The molecule has 2 aromatic rings. The molecule has 12 nitrogen and oxygen atoms in total. The summed E-state index contributed by atoms with van der Waals surface area (Å²) in [7, 11) is -9.25. The SMILES string of the molecule is O=c1cc[nH]cc1S(=O)(=O)[O-].O=c1cc[nH]cc1S(=O)(=O)[O-].[OH3+].[OH3+].[Zn+2]. The Kier molecular flexibility index (Phi) is 12.3. The average Bonchev–Trinajstić information content (AvgIpc) is 2.37. The molecule has 0 aliphatic carbocycles. The van der Waals surface area contributed by atoms with Crippen LogP contribution in [-0.2, 0) is 50.7 Å². The van der Waals surface area contributed by atoms with Crippen LogP contribution in [0.15, 0.2) is 56.3 Å². The van der Waals surface area contributed by atoms with Crippen molar-refractivity contribution in [1.82, 2.24) is 9.97 Å². The number of H-pyrrole nitrogens is 2. The maximum Gasteiger partial charge on any atom is 2.00 e. The van der Waals surface area contributed by atoms with E-state index in [9.17, 15) is 35.5 Å². The molecule has 0 fully saturated rings. The Morgan fingerprint density at radius 3 is 1.16 bits per heavy atom. The fourth-order valence-corrected chi connectivity index (χ4v) is 2.25. The maximum absolute atomic E-state index is 10.7. The summed E-state index contributed by atoms with van der Waals surface area (Å²) in [5, 5.41) is 0. The van der Waals surface area contributed by atoms with E-state index in [-0.39, 0.29) is 30.4 Å². The van der Waals surface area contributed by atoms with E-state index in [1.165, 1.54) is 12.4 Å². The molecule has 15 heteroatoms. The molecule has 0 aliphatic heterocycles. The van der Waals surface area contributed by atoms with Crippen LogP contribution in [0.3, 0.4) is 0 Å². The first-order valence-electron chi connectivity index (χ1n) is 5.29. The Morgan fingerprint density at radius 2 is 1.00 bits per heavy atom. The van der Waals surface area contributed by atoms with Crippen LogP contribution in [0.5, 0.6) is 0 Å². The van der Waals surface area contributed by atoms with Crippen LogP contribution >= 0.6 is 0 Å². The van der Waals surface area contributed by atoms with Crippen molar-refractivity contribution in [3.05, 3.63) is 57.4 Å². The van der Waals surface area contributed by atoms with Crippen molar-refractivity contribution >= 4 is 20.2 Å². The van der Waals surface area contributed by atoms with E-state index in [2.05, 4.69) is 9.97 Å². The van der Waals surface area contributed by atoms with Gasteiger partial charge in [-0.3, -0.25) is 9.59 Å². The van der Waals surface area contributed by atoms with Crippen LogP contribution in [0.4, 0.5) is 0 Å². The summed E-state index contributed by atoms with van der Waals surface area (Å²) in [6.07, 6.45) is 4.23. The third-order valence-electron chi connectivity index (χ3n) is 2.12. The number of nitrogens with one attached hydrogen (secondary N) is 2. The summed E-state index contributed by atoms with van der Waals surface area (Å²) in [6.45, 7) is 0. The number of hydrogen-bond acceptors (Lipinski definition) is 8. The second-order valence-corrected chi connectivity index (χ2v) is 6.35. The molecule has 2 rings (SSSR count). The van der Waals surface area contributed by atoms with Crippen molar-refractivity contribution in [2.75, 3.05) is 0 Å². The van der Waals surface area contributed by atoms with Gasteiger partial charge in [0.15, 0.2) is 10.9 Å². The van der Waals surface area contributed by atoms with Crippen molar-refractivity contribution in [2.45, 2.75) is 9.79 Å². The van der Waals surface area contributed by atoms with Gasteiger partial charge >= 0.3 is 19.5 Å². The summed E-state index contributed by atoms with van der Waals surface area (Å²) in [5.74, 6) is 0. The molecule has 0 aromatic carbocycles. The van der Waals surface area contributed by atoms with Gasteiger partial charge in [0, 0.05) is 36.9 Å². The molecule has 2 heterocycles. The van der Waals surface area contributed by atoms with Crippen LogP contribution in [0.25, 0.3) is 0 Å². The Hall–Kier alpha value is -1.74. The van der Waals surface area contributed by atoms with Gasteiger partial charge in [-0.25, -0.2) is 16.8 Å². The van der Waals surface area contributed by atoms with E-state index in [0.717, 1.165) is 24.5 Å². The van der Waals surface area contributed by atoms with E-state index >= 15 is 0 Å².